The van der Waals surface area contributed by atoms with Crippen molar-refractivity contribution in [3.05, 3.63) is 0 Å². The van der Waals surface area contributed by atoms with E-state index < -0.39 is 12.5 Å². The minimum atomic E-state index is -2.20. The Morgan fingerprint density at radius 2 is 1.00 bits per heavy atom. The molecule has 0 spiro atoms. The summed E-state index contributed by atoms with van der Waals surface area (Å²) >= 11 is 37.6. The standard InChI is InChI=1S/C4HCl7O/c5-2(1-12,3(6,7)8)4(9,10)11/h1H. The molecular weight excluding hydrogens is 312 g/mol. The fraction of sp³-hybridized carbons (Fsp3) is 0.750. The first kappa shape index (κ1) is 13.7. The Morgan fingerprint density at radius 1 is 0.750 bits per heavy atom. The van der Waals surface area contributed by atoms with Crippen LogP contribution < -0.4 is 0 Å². The van der Waals surface area contributed by atoms with Gasteiger partial charge in [-0.3, -0.25) is 0 Å². The zero-order valence-corrected chi connectivity index (χ0v) is 10.4. The highest BCUT2D eigenvalue weighted by atomic mass is 35.6. The zero-order chi connectivity index (χ0) is 10.2. The molecule has 0 unspecified atom stereocenters. The van der Waals surface area contributed by atoms with Crippen molar-refractivity contribution in [2.45, 2.75) is 12.5 Å². The van der Waals surface area contributed by atoms with E-state index in [-0.39, 0.29) is 6.29 Å². The summed E-state index contributed by atoms with van der Waals surface area (Å²) in [7, 11) is 0. The molecule has 0 bridgehead atoms. The van der Waals surface area contributed by atoms with Gasteiger partial charge in [-0.05, 0) is 0 Å². The van der Waals surface area contributed by atoms with Crippen molar-refractivity contribution in [1.29, 1.82) is 0 Å². The van der Waals surface area contributed by atoms with Crippen LogP contribution in [0.4, 0.5) is 0 Å². The maximum absolute atomic E-state index is 10.5. The lowest BCUT2D eigenvalue weighted by Gasteiger charge is -2.33. The highest BCUT2D eigenvalue weighted by Gasteiger charge is 2.60. The lowest BCUT2D eigenvalue weighted by Crippen LogP contribution is -2.50. The van der Waals surface area contributed by atoms with E-state index in [1.54, 1.807) is 0 Å². The van der Waals surface area contributed by atoms with Gasteiger partial charge in [0.05, 0.1) is 0 Å². The smallest absolute Gasteiger partial charge is 0.220 e. The van der Waals surface area contributed by atoms with Crippen molar-refractivity contribution < 1.29 is 4.79 Å². The second-order valence-electron chi connectivity index (χ2n) is 1.83. The van der Waals surface area contributed by atoms with Crippen LogP contribution in [0.2, 0.25) is 0 Å². The van der Waals surface area contributed by atoms with Gasteiger partial charge in [-0.15, -0.1) is 11.6 Å². The Labute approximate surface area is 104 Å². The molecule has 72 valence electrons. The van der Waals surface area contributed by atoms with E-state index in [0.717, 1.165) is 0 Å². The molecule has 0 aromatic carbocycles. The SMILES string of the molecule is O=CC(Cl)(C(Cl)(Cl)Cl)C(Cl)(Cl)Cl. The fourth-order valence-corrected chi connectivity index (χ4v) is 1.85. The molecule has 8 heteroatoms. The molecule has 0 saturated carbocycles. The minimum Gasteiger partial charge on any atom is -0.301 e. The van der Waals surface area contributed by atoms with Crippen LogP contribution in [0.3, 0.4) is 0 Å². The molecule has 0 fully saturated rings. The van der Waals surface area contributed by atoms with Gasteiger partial charge in [-0.25, -0.2) is 0 Å². The predicted octanol–water partition coefficient (Wildman–Crippen LogP) is 3.90. The lowest BCUT2D eigenvalue weighted by atomic mass is 10.2. The quantitative estimate of drug-likeness (QED) is 0.530. The number of alkyl halides is 7. The third-order valence-corrected chi connectivity index (χ3v) is 4.01. The number of aldehydes is 1. The van der Waals surface area contributed by atoms with Gasteiger partial charge < -0.3 is 4.79 Å². The van der Waals surface area contributed by atoms with Gasteiger partial charge >= 0.3 is 0 Å². The molecule has 0 aromatic heterocycles. The first-order valence-corrected chi connectivity index (χ1v) is 4.99. The first-order valence-electron chi connectivity index (χ1n) is 2.35. The molecule has 0 aliphatic heterocycles. The number of carbonyl (C=O) groups excluding carboxylic acids is 1. The van der Waals surface area contributed by atoms with Gasteiger partial charge in [0.15, 0.2) is 4.87 Å². The van der Waals surface area contributed by atoms with E-state index in [2.05, 4.69) is 0 Å². The maximum Gasteiger partial charge on any atom is 0.220 e. The Hall–Kier alpha value is 1.70. The summed E-state index contributed by atoms with van der Waals surface area (Å²) in [5, 5.41) is 0. The van der Waals surface area contributed by atoms with E-state index in [4.69, 9.17) is 81.2 Å². The molecule has 0 atom stereocenters. The van der Waals surface area contributed by atoms with Crippen molar-refractivity contribution in [3.8, 4) is 0 Å². The molecule has 0 heterocycles. The molecule has 0 saturated heterocycles. The average molecular weight is 313 g/mol. The van der Waals surface area contributed by atoms with Crippen molar-refractivity contribution in [1.82, 2.24) is 0 Å². The van der Waals surface area contributed by atoms with Crippen LogP contribution in [0.25, 0.3) is 0 Å². The number of carbonyl (C=O) groups is 1. The number of hydrogen-bond acceptors (Lipinski definition) is 1. The summed E-state index contributed by atoms with van der Waals surface area (Å²) in [6, 6.07) is 0. The van der Waals surface area contributed by atoms with Crippen LogP contribution in [-0.2, 0) is 4.79 Å². The third kappa shape index (κ3) is 2.60. The van der Waals surface area contributed by atoms with Crippen LogP contribution in [0.5, 0.6) is 0 Å². The van der Waals surface area contributed by atoms with Gasteiger partial charge in [-0.1, -0.05) is 69.6 Å². The Bertz CT molecular complexity index is 163. The highest BCUT2D eigenvalue weighted by Crippen LogP contribution is 2.54. The van der Waals surface area contributed by atoms with Crippen molar-refractivity contribution in [2.75, 3.05) is 0 Å². The normalized spacial score (nSPS) is 14.6. The average Bonchev–Trinajstić information content (AvgIpc) is 1.81. The predicted molar refractivity (Wildman–Crippen MR) is 55.2 cm³/mol. The summed E-state index contributed by atoms with van der Waals surface area (Å²) in [6.07, 6.45) is 0.0779. The summed E-state index contributed by atoms with van der Waals surface area (Å²) in [4.78, 5) is 8.28. The van der Waals surface area contributed by atoms with Gasteiger partial charge in [0, 0.05) is 0 Å². The van der Waals surface area contributed by atoms with Crippen molar-refractivity contribution in [2.24, 2.45) is 0 Å². The minimum absolute atomic E-state index is 0.0779. The molecule has 0 radical (unpaired) electrons. The van der Waals surface area contributed by atoms with Gasteiger partial charge in [-0.2, -0.15) is 0 Å². The molecule has 0 amide bonds. The monoisotopic (exact) mass is 310 g/mol. The second kappa shape index (κ2) is 4.06. The summed E-state index contributed by atoms with van der Waals surface area (Å²) in [5.74, 6) is 0. The first-order chi connectivity index (χ1) is 5.06. The van der Waals surface area contributed by atoms with Gasteiger partial charge in [0.2, 0.25) is 7.59 Å². The topological polar surface area (TPSA) is 17.1 Å². The number of halogens is 7. The lowest BCUT2D eigenvalue weighted by molar-refractivity contribution is -0.109. The van der Waals surface area contributed by atoms with E-state index in [1.165, 1.54) is 0 Å². The van der Waals surface area contributed by atoms with Crippen LogP contribution in [0, 0.1) is 0 Å². The molecule has 0 aromatic rings. The van der Waals surface area contributed by atoms with Crippen LogP contribution >= 0.6 is 81.2 Å². The maximum atomic E-state index is 10.5. The molecule has 0 aliphatic carbocycles. The Kier molecular flexibility index (Phi) is 4.63. The summed E-state index contributed by atoms with van der Waals surface area (Å²) < 4.78 is -4.39. The zero-order valence-electron chi connectivity index (χ0n) is 5.13. The molecule has 0 rings (SSSR count). The second-order valence-corrected chi connectivity index (χ2v) is 6.98. The van der Waals surface area contributed by atoms with E-state index in [9.17, 15) is 4.79 Å². The Balaban J connectivity index is 5.09. The highest BCUT2D eigenvalue weighted by molar-refractivity contribution is 6.79. The number of rotatable bonds is 1. The molecule has 1 nitrogen and oxygen atoms in total. The van der Waals surface area contributed by atoms with E-state index >= 15 is 0 Å². The van der Waals surface area contributed by atoms with Crippen LogP contribution in [-0.4, -0.2) is 18.7 Å². The summed E-state index contributed by atoms with van der Waals surface area (Å²) in [5.41, 5.74) is 0. The fourth-order valence-electron chi connectivity index (χ4n) is 0.294. The van der Waals surface area contributed by atoms with Crippen LogP contribution in [0.15, 0.2) is 0 Å². The molecule has 0 aliphatic rings. The molecule has 0 N–H and O–H groups in total. The Morgan fingerprint density at radius 3 is 1.00 bits per heavy atom. The number of hydrogen-bond donors (Lipinski definition) is 0. The summed E-state index contributed by atoms with van der Waals surface area (Å²) in [6.45, 7) is 0. The molecular formula is C4HCl7O. The third-order valence-electron chi connectivity index (χ3n) is 0.987. The molecule has 12 heavy (non-hydrogen) atoms. The van der Waals surface area contributed by atoms with Crippen molar-refractivity contribution >= 4 is 87.5 Å². The van der Waals surface area contributed by atoms with Crippen LogP contribution in [0.1, 0.15) is 0 Å². The van der Waals surface area contributed by atoms with Crippen molar-refractivity contribution in [3.63, 3.8) is 0 Å². The van der Waals surface area contributed by atoms with E-state index in [1.807, 2.05) is 0 Å². The largest absolute Gasteiger partial charge is 0.301 e. The van der Waals surface area contributed by atoms with Gasteiger partial charge in [0.25, 0.3) is 0 Å². The van der Waals surface area contributed by atoms with Gasteiger partial charge in [0.1, 0.15) is 6.29 Å². The van der Waals surface area contributed by atoms with E-state index in [0.29, 0.717) is 0 Å².